The Bertz CT molecular complexity index is 1200. The molecular weight excluding hydrogens is 504 g/mol. The number of aliphatic carboxylic acids is 1. The molecule has 0 spiro atoms. The highest BCUT2D eigenvalue weighted by molar-refractivity contribution is 7.92. The van der Waals surface area contributed by atoms with Gasteiger partial charge in [0, 0.05) is 12.8 Å². The summed E-state index contributed by atoms with van der Waals surface area (Å²) in [5.41, 5.74) is 0.602. The van der Waals surface area contributed by atoms with Gasteiger partial charge in [-0.05, 0) is 43.4 Å². The third-order valence-corrected chi connectivity index (χ3v) is 9.26. The molecule has 1 heterocycles. The van der Waals surface area contributed by atoms with Crippen molar-refractivity contribution in [3.8, 4) is 0 Å². The van der Waals surface area contributed by atoms with Crippen molar-refractivity contribution in [1.82, 2.24) is 4.98 Å². The zero-order chi connectivity index (χ0) is 24.5. The number of aromatic nitrogens is 1. The van der Waals surface area contributed by atoms with Gasteiger partial charge >= 0.3 is 5.97 Å². The number of anilines is 1. The standard InChI is InChI=1S/C22H23ClN2O7S2/c23-20-17(11-18(27)28)24-22(33-20)25-21(29)19(32-14-5-3-13(26)4-6-14)12-1-7-15(8-2-12)34(30,31)16-9-10-16/h1-2,7-8,14,16,19H,3-6,9-11H2,(H,27,28)(H,24,25,29). The first-order valence-electron chi connectivity index (χ1n) is 10.8. The van der Waals surface area contributed by atoms with Gasteiger partial charge in [0.1, 0.15) is 10.1 Å². The monoisotopic (exact) mass is 526 g/mol. The fourth-order valence-corrected chi connectivity index (χ4v) is 6.44. The molecule has 9 nitrogen and oxygen atoms in total. The molecule has 1 amide bonds. The van der Waals surface area contributed by atoms with Gasteiger partial charge in [0.25, 0.3) is 5.91 Å². The molecule has 182 valence electrons. The summed E-state index contributed by atoms with van der Waals surface area (Å²) in [5.74, 6) is -1.50. The maximum atomic E-state index is 13.2. The van der Waals surface area contributed by atoms with Crippen LogP contribution in [0.2, 0.25) is 4.34 Å². The van der Waals surface area contributed by atoms with Crippen LogP contribution in [0.15, 0.2) is 29.2 Å². The summed E-state index contributed by atoms with van der Waals surface area (Å²) >= 11 is 6.99. The number of ether oxygens (including phenoxy) is 1. The molecule has 2 aromatic rings. The molecule has 0 radical (unpaired) electrons. The number of carbonyl (C=O) groups is 3. The lowest BCUT2D eigenvalue weighted by atomic mass is 9.96. The summed E-state index contributed by atoms with van der Waals surface area (Å²) in [6.45, 7) is 0. The van der Waals surface area contributed by atoms with Crippen molar-refractivity contribution in [3.63, 3.8) is 0 Å². The molecule has 2 saturated carbocycles. The summed E-state index contributed by atoms with van der Waals surface area (Å²) in [5, 5.41) is 11.4. The molecule has 2 aliphatic rings. The van der Waals surface area contributed by atoms with Crippen LogP contribution < -0.4 is 5.32 Å². The Labute approximate surface area is 205 Å². The fraction of sp³-hybridized carbons (Fsp3) is 0.455. The number of nitrogens with zero attached hydrogens (tertiary/aromatic N) is 1. The fourth-order valence-electron chi connectivity index (χ4n) is 3.75. The van der Waals surface area contributed by atoms with Crippen LogP contribution in [0.4, 0.5) is 5.13 Å². The number of thiazole rings is 1. The molecule has 0 bridgehead atoms. The lowest BCUT2D eigenvalue weighted by Crippen LogP contribution is -2.30. The van der Waals surface area contributed by atoms with E-state index in [1.807, 2.05) is 0 Å². The normalized spacial score (nSPS) is 18.0. The van der Waals surface area contributed by atoms with E-state index >= 15 is 0 Å². The third kappa shape index (κ3) is 5.83. The Kier molecular flexibility index (Phi) is 7.36. The van der Waals surface area contributed by atoms with Crippen LogP contribution in [0.25, 0.3) is 0 Å². The number of nitrogens with one attached hydrogen (secondary N) is 1. The summed E-state index contributed by atoms with van der Waals surface area (Å²) in [6.07, 6.45) is 1.25. The number of carboxylic acids is 1. The van der Waals surface area contributed by atoms with E-state index in [9.17, 15) is 22.8 Å². The second-order valence-corrected chi connectivity index (χ2v) is 12.2. The molecular formula is C22H23ClN2O7S2. The first-order chi connectivity index (χ1) is 16.1. The maximum absolute atomic E-state index is 13.2. The molecule has 12 heteroatoms. The van der Waals surface area contributed by atoms with Crippen LogP contribution in [-0.4, -0.2) is 47.5 Å². The minimum Gasteiger partial charge on any atom is -0.481 e. The number of rotatable bonds is 9. The molecule has 2 fully saturated rings. The van der Waals surface area contributed by atoms with Crippen molar-refractivity contribution in [3.05, 3.63) is 39.9 Å². The van der Waals surface area contributed by atoms with Crippen molar-refractivity contribution in [1.29, 1.82) is 0 Å². The Balaban J connectivity index is 1.55. The van der Waals surface area contributed by atoms with Gasteiger partial charge in [0.15, 0.2) is 21.1 Å². The van der Waals surface area contributed by atoms with Crippen molar-refractivity contribution >= 4 is 55.6 Å². The predicted octanol–water partition coefficient (Wildman–Crippen LogP) is 3.57. The first-order valence-corrected chi connectivity index (χ1v) is 13.6. The Morgan fingerprint density at radius 2 is 1.82 bits per heavy atom. The number of amides is 1. The third-order valence-electron chi connectivity index (χ3n) is 5.73. The van der Waals surface area contributed by atoms with E-state index in [4.69, 9.17) is 21.4 Å². The highest BCUT2D eigenvalue weighted by Gasteiger charge is 2.37. The van der Waals surface area contributed by atoms with Gasteiger partial charge in [0.2, 0.25) is 0 Å². The number of sulfone groups is 1. The topological polar surface area (TPSA) is 140 Å². The number of benzene rings is 1. The number of hydrogen-bond donors (Lipinski definition) is 2. The van der Waals surface area contributed by atoms with Crippen molar-refractivity contribution in [2.45, 2.75) is 67.3 Å². The Hall–Kier alpha value is -2.34. The minimum absolute atomic E-state index is 0.131. The van der Waals surface area contributed by atoms with Crippen LogP contribution in [0, 0.1) is 0 Å². The Morgan fingerprint density at radius 1 is 1.18 bits per heavy atom. The van der Waals surface area contributed by atoms with E-state index in [1.165, 1.54) is 12.1 Å². The quantitative estimate of drug-likeness (QED) is 0.505. The van der Waals surface area contributed by atoms with Gasteiger partial charge in [0.05, 0.1) is 28.4 Å². The molecule has 1 atom stereocenters. The largest absolute Gasteiger partial charge is 0.481 e. The van der Waals surface area contributed by atoms with Crippen molar-refractivity contribution in [2.24, 2.45) is 0 Å². The van der Waals surface area contributed by atoms with Crippen molar-refractivity contribution < 1.29 is 32.6 Å². The molecule has 0 aliphatic heterocycles. The van der Waals surface area contributed by atoms with Gasteiger partial charge < -0.3 is 9.84 Å². The van der Waals surface area contributed by atoms with Crippen LogP contribution in [-0.2, 0) is 35.4 Å². The highest BCUT2D eigenvalue weighted by Crippen LogP contribution is 2.35. The van der Waals surface area contributed by atoms with Gasteiger partial charge in [-0.3, -0.25) is 19.7 Å². The SMILES string of the molecule is O=C(O)Cc1nc(NC(=O)C(OC2CCC(=O)CC2)c2ccc(S(=O)(=O)C3CC3)cc2)sc1Cl. The number of carbonyl (C=O) groups excluding carboxylic acids is 2. The Morgan fingerprint density at radius 3 is 2.41 bits per heavy atom. The van der Waals surface area contributed by atoms with Crippen LogP contribution in [0.3, 0.4) is 0 Å². The molecule has 1 aromatic heterocycles. The zero-order valence-electron chi connectivity index (χ0n) is 18.0. The molecule has 34 heavy (non-hydrogen) atoms. The summed E-state index contributed by atoms with van der Waals surface area (Å²) < 4.78 is 31.3. The smallest absolute Gasteiger partial charge is 0.309 e. The zero-order valence-corrected chi connectivity index (χ0v) is 20.4. The lowest BCUT2D eigenvalue weighted by Gasteiger charge is -2.26. The van der Waals surface area contributed by atoms with E-state index < -0.39 is 27.8 Å². The number of Topliss-reactive ketones (excluding diaryl/α,β-unsaturated/α-hetero) is 1. The van der Waals surface area contributed by atoms with Crippen LogP contribution in [0.5, 0.6) is 0 Å². The molecule has 2 N–H and O–H groups in total. The average molecular weight is 527 g/mol. The summed E-state index contributed by atoms with van der Waals surface area (Å²) in [7, 11) is -3.37. The van der Waals surface area contributed by atoms with Gasteiger partial charge in [-0.25, -0.2) is 13.4 Å². The predicted molar refractivity (Wildman–Crippen MR) is 125 cm³/mol. The minimum atomic E-state index is -3.37. The van der Waals surface area contributed by atoms with Crippen LogP contribution in [0.1, 0.15) is 55.9 Å². The van der Waals surface area contributed by atoms with E-state index in [0.29, 0.717) is 44.1 Å². The molecule has 4 rings (SSSR count). The number of halogens is 1. The van der Waals surface area contributed by atoms with E-state index in [0.717, 1.165) is 11.3 Å². The van der Waals surface area contributed by atoms with Gasteiger partial charge in [-0.15, -0.1) is 0 Å². The van der Waals surface area contributed by atoms with E-state index in [2.05, 4.69) is 10.3 Å². The maximum Gasteiger partial charge on any atom is 0.309 e. The second kappa shape index (κ2) is 10.1. The highest BCUT2D eigenvalue weighted by atomic mass is 35.5. The molecule has 1 aromatic carbocycles. The lowest BCUT2D eigenvalue weighted by molar-refractivity contribution is -0.136. The van der Waals surface area contributed by atoms with E-state index in [-0.39, 0.29) is 43.6 Å². The molecule has 1 unspecified atom stereocenters. The van der Waals surface area contributed by atoms with Gasteiger partial charge in [-0.1, -0.05) is 35.1 Å². The van der Waals surface area contributed by atoms with Crippen molar-refractivity contribution in [2.75, 3.05) is 5.32 Å². The summed E-state index contributed by atoms with van der Waals surface area (Å²) in [6, 6.07) is 6.06. The molecule has 2 aliphatic carbocycles. The number of carboxylic acid groups (broad SMARTS) is 1. The number of hydrogen-bond acceptors (Lipinski definition) is 8. The first kappa shape index (κ1) is 24.8. The number of ketones is 1. The molecule has 0 saturated heterocycles. The summed E-state index contributed by atoms with van der Waals surface area (Å²) in [4.78, 5) is 40.0. The van der Waals surface area contributed by atoms with Crippen LogP contribution >= 0.6 is 22.9 Å². The second-order valence-electron chi connectivity index (χ2n) is 8.37. The van der Waals surface area contributed by atoms with E-state index in [1.54, 1.807) is 12.1 Å². The van der Waals surface area contributed by atoms with Gasteiger partial charge in [-0.2, -0.15) is 0 Å². The average Bonchev–Trinajstić information content (AvgIpc) is 3.59.